The van der Waals surface area contributed by atoms with Crippen molar-refractivity contribution in [1.29, 1.82) is 0 Å². The van der Waals surface area contributed by atoms with Crippen molar-refractivity contribution >= 4 is 11.9 Å². The fraction of sp³-hybridized carbons (Fsp3) is 0. The number of furan rings is 1. The minimum absolute atomic E-state index is 0.148. The van der Waals surface area contributed by atoms with E-state index >= 15 is 0 Å². The predicted octanol–water partition coefficient (Wildman–Crippen LogP) is 2.55. The Hall–Kier alpha value is -2.63. The van der Waals surface area contributed by atoms with Crippen molar-refractivity contribution in [2.45, 2.75) is 0 Å². The van der Waals surface area contributed by atoms with Crippen LogP contribution in [0, 0.1) is 10.1 Å². The lowest BCUT2D eigenvalue weighted by Crippen LogP contribution is -1.94. The van der Waals surface area contributed by atoms with Crippen molar-refractivity contribution in [2.24, 2.45) is 0 Å². The number of carboxylic acids is 1. The van der Waals surface area contributed by atoms with E-state index in [2.05, 4.69) is 0 Å². The second-order valence-corrected chi connectivity index (χ2v) is 3.28. The molecule has 86 valence electrons. The summed E-state index contributed by atoms with van der Waals surface area (Å²) in [5.41, 5.74) is 0.734. The van der Waals surface area contributed by atoms with Gasteiger partial charge in [-0.25, -0.2) is 4.79 Å². The third-order valence-corrected chi connectivity index (χ3v) is 2.19. The number of carbonyl (C=O) groups is 1. The van der Waals surface area contributed by atoms with Crippen LogP contribution in [0.2, 0.25) is 0 Å². The standard InChI is InChI=1S/C11H7NO5/c13-11(14)8-3-1-7(2-4-8)9-5-6-10(17-9)12(15)16/h1-6H,(H,13,14). The lowest BCUT2D eigenvalue weighted by molar-refractivity contribution is -0.401. The first-order chi connectivity index (χ1) is 8.08. The number of carboxylic acid groups (broad SMARTS) is 1. The smallest absolute Gasteiger partial charge is 0.433 e. The molecule has 0 unspecified atom stereocenters. The molecule has 0 aliphatic rings. The van der Waals surface area contributed by atoms with Crippen LogP contribution in [0.3, 0.4) is 0 Å². The summed E-state index contributed by atoms with van der Waals surface area (Å²) in [4.78, 5) is 20.4. The molecule has 1 aromatic carbocycles. The Balaban J connectivity index is 2.33. The first-order valence-electron chi connectivity index (χ1n) is 4.66. The van der Waals surface area contributed by atoms with Crippen molar-refractivity contribution in [2.75, 3.05) is 0 Å². The Bertz CT molecular complexity index is 570. The van der Waals surface area contributed by atoms with Gasteiger partial charge in [-0.15, -0.1) is 0 Å². The molecule has 0 atom stereocenters. The molecule has 0 amide bonds. The fourth-order valence-electron chi connectivity index (χ4n) is 1.36. The first-order valence-corrected chi connectivity index (χ1v) is 4.66. The van der Waals surface area contributed by atoms with Gasteiger partial charge < -0.3 is 9.52 Å². The van der Waals surface area contributed by atoms with E-state index in [1.165, 1.54) is 36.4 Å². The number of aromatic carboxylic acids is 1. The van der Waals surface area contributed by atoms with Gasteiger partial charge in [0.25, 0.3) is 0 Å². The maximum absolute atomic E-state index is 10.6. The maximum atomic E-state index is 10.6. The highest BCUT2D eigenvalue weighted by molar-refractivity contribution is 5.88. The highest BCUT2D eigenvalue weighted by atomic mass is 16.6. The Morgan fingerprint density at radius 3 is 2.29 bits per heavy atom. The molecule has 0 fully saturated rings. The number of benzene rings is 1. The Morgan fingerprint density at radius 2 is 1.82 bits per heavy atom. The molecule has 6 heteroatoms. The van der Waals surface area contributed by atoms with Crippen molar-refractivity contribution < 1.29 is 19.2 Å². The highest BCUT2D eigenvalue weighted by Crippen LogP contribution is 2.26. The number of hydrogen-bond donors (Lipinski definition) is 1. The molecule has 0 bridgehead atoms. The molecule has 2 aromatic rings. The van der Waals surface area contributed by atoms with Gasteiger partial charge in [0.05, 0.1) is 11.6 Å². The van der Waals surface area contributed by atoms with Gasteiger partial charge in [0.15, 0.2) is 0 Å². The Kier molecular flexibility index (Phi) is 2.61. The minimum atomic E-state index is -1.03. The summed E-state index contributed by atoms with van der Waals surface area (Å²) >= 11 is 0. The van der Waals surface area contributed by atoms with Gasteiger partial charge in [-0.1, -0.05) is 12.1 Å². The molecule has 1 heterocycles. The van der Waals surface area contributed by atoms with Crippen LogP contribution in [0.25, 0.3) is 11.3 Å². The van der Waals surface area contributed by atoms with Gasteiger partial charge in [0, 0.05) is 5.56 Å². The molecule has 0 saturated heterocycles. The molecule has 0 spiro atoms. The van der Waals surface area contributed by atoms with E-state index < -0.39 is 10.9 Å². The minimum Gasteiger partial charge on any atom is -0.478 e. The van der Waals surface area contributed by atoms with E-state index in [0.717, 1.165) is 0 Å². The second-order valence-electron chi connectivity index (χ2n) is 3.28. The summed E-state index contributed by atoms with van der Waals surface area (Å²) in [5.74, 6) is -1.04. The van der Waals surface area contributed by atoms with E-state index in [0.29, 0.717) is 11.3 Å². The van der Waals surface area contributed by atoms with Gasteiger partial charge >= 0.3 is 11.9 Å². The van der Waals surface area contributed by atoms with Crippen LogP contribution in [0.5, 0.6) is 0 Å². The van der Waals surface area contributed by atoms with Crippen LogP contribution in [-0.4, -0.2) is 16.0 Å². The number of hydrogen-bond acceptors (Lipinski definition) is 4. The van der Waals surface area contributed by atoms with E-state index in [9.17, 15) is 14.9 Å². The molecule has 0 saturated carbocycles. The molecule has 17 heavy (non-hydrogen) atoms. The third kappa shape index (κ3) is 2.15. The molecule has 0 aliphatic heterocycles. The highest BCUT2D eigenvalue weighted by Gasteiger charge is 2.13. The normalized spacial score (nSPS) is 10.1. The zero-order valence-electron chi connectivity index (χ0n) is 8.49. The average Bonchev–Trinajstić information content (AvgIpc) is 2.78. The lowest BCUT2D eigenvalue weighted by atomic mass is 10.1. The second kappa shape index (κ2) is 4.09. The van der Waals surface area contributed by atoms with Gasteiger partial charge in [-0.05, 0) is 18.2 Å². The van der Waals surface area contributed by atoms with Gasteiger partial charge in [-0.3, -0.25) is 10.1 Å². The fourth-order valence-corrected chi connectivity index (χ4v) is 1.36. The molecule has 2 rings (SSSR count). The van der Waals surface area contributed by atoms with Gasteiger partial charge in [-0.2, -0.15) is 0 Å². The topological polar surface area (TPSA) is 93.6 Å². The predicted molar refractivity (Wildman–Crippen MR) is 57.8 cm³/mol. The van der Waals surface area contributed by atoms with Crippen LogP contribution >= 0.6 is 0 Å². The van der Waals surface area contributed by atoms with Crippen LogP contribution < -0.4 is 0 Å². The van der Waals surface area contributed by atoms with Crippen LogP contribution in [0.1, 0.15) is 10.4 Å². The number of nitro groups is 1. The molecule has 6 nitrogen and oxygen atoms in total. The zero-order chi connectivity index (χ0) is 12.4. The monoisotopic (exact) mass is 233 g/mol. The summed E-state index contributed by atoms with van der Waals surface area (Å²) in [6.45, 7) is 0. The molecule has 0 radical (unpaired) electrons. The van der Waals surface area contributed by atoms with Gasteiger partial charge in [0.2, 0.25) is 0 Å². The summed E-state index contributed by atoms with van der Waals surface area (Å²) in [6, 6.07) is 8.60. The number of rotatable bonds is 3. The average molecular weight is 233 g/mol. The quantitative estimate of drug-likeness (QED) is 0.649. The summed E-state index contributed by atoms with van der Waals surface area (Å²) < 4.78 is 4.98. The van der Waals surface area contributed by atoms with Crippen molar-refractivity contribution in [3.63, 3.8) is 0 Å². The van der Waals surface area contributed by atoms with Gasteiger partial charge in [0.1, 0.15) is 10.7 Å². The van der Waals surface area contributed by atoms with Crippen molar-refractivity contribution in [1.82, 2.24) is 0 Å². The largest absolute Gasteiger partial charge is 0.478 e. The van der Waals surface area contributed by atoms with E-state index in [-0.39, 0.29) is 11.4 Å². The van der Waals surface area contributed by atoms with Crippen LogP contribution in [-0.2, 0) is 0 Å². The van der Waals surface area contributed by atoms with E-state index in [4.69, 9.17) is 9.52 Å². The maximum Gasteiger partial charge on any atom is 0.433 e. The SMILES string of the molecule is O=C(O)c1ccc(-c2ccc([N+](=O)[O-])o2)cc1. The Morgan fingerprint density at radius 1 is 1.18 bits per heavy atom. The molecular formula is C11H7NO5. The van der Waals surface area contributed by atoms with Crippen molar-refractivity contribution in [3.05, 3.63) is 52.1 Å². The van der Waals surface area contributed by atoms with Crippen LogP contribution in [0.4, 0.5) is 5.88 Å². The zero-order valence-corrected chi connectivity index (χ0v) is 8.49. The van der Waals surface area contributed by atoms with Crippen LogP contribution in [0.15, 0.2) is 40.8 Å². The molecule has 1 N–H and O–H groups in total. The molecular weight excluding hydrogens is 226 g/mol. The summed E-state index contributed by atoms with van der Waals surface area (Å²) in [7, 11) is 0. The Labute approximate surface area is 95.3 Å². The number of nitrogens with zero attached hydrogens (tertiary/aromatic N) is 1. The molecule has 1 aromatic heterocycles. The van der Waals surface area contributed by atoms with E-state index in [1.54, 1.807) is 0 Å². The van der Waals surface area contributed by atoms with Crippen molar-refractivity contribution in [3.8, 4) is 11.3 Å². The summed E-state index contributed by atoms with van der Waals surface area (Å²) in [6.07, 6.45) is 0. The van der Waals surface area contributed by atoms with E-state index in [1.807, 2.05) is 0 Å². The first kappa shape index (κ1) is 10.9. The lowest BCUT2D eigenvalue weighted by Gasteiger charge is -1.97. The molecule has 0 aliphatic carbocycles. The summed E-state index contributed by atoms with van der Waals surface area (Å²) in [5, 5.41) is 19.1. The third-order valence-electron chi connectivity index (χ3n) is 2.19.